The van der Waals surface area contributed by atoms with Gasteiger partial charge in [0.15, 0.2) is 0 Å². The predicted octanol–water partition coefficient (Wildman–Crippen LogP) is 0.208. The van der Waals surface area contributed by atoms with Crippen molar-refractivity contribution < 1.29 is 9.00 Å². The van der Waals surface area contributed by atoms with Gasteiger partial charge in [0.25, 0.3) is 0 Å². The summed E-state index contributed by atoms with van der Waals surface area (Å²) in [6.45, 7) is 1.29. The highest BCUT2D eigenvalue weighted by atomic mass is 32.2. The Morgan fingerprint density at radius 1 is 1.69 bits per heavy atom. The molecular formula is C8H10N2O2S. The van der Waals surface area contributed by atoms with Crippen LogP contribution in [0.4, 0.5) is 0 Å². The lowest BCUT2D eigenvalue weighted by molar-refractivity contribution is -0.117. The summed E-state index contributed by atoms with van der Waals surface area (Å²) in [4.78, 5) is 14.9. The molecule has 1 rings (SSSR count). The second-order valence-corrected chi connectivity index (χ2v) is 4.55. The quantitative estimate of drug-likeness (QED) is 0.691. The molecule has 1 N–H and O–H groups in total. The molecule has 1 unspecified atom stereocenters. The van der Waals surface area contributed by atoms with Crippen LogP contribution in [0.25, 0.3) is 0 Å². The molecule has 1 atom stereocenters. The zero-order valence-corrected chi connectivity index (χ0v) is 8.00. The number of rotatable bonds is 2. The molecule has 0 fully saturated rings. The van der Waals surface area contributed by atoms with Crippen LogP contribution in [0.3, 0.4) is 0 Å². The fourth-order valence-corrected chi connectivity index (χ4v) is 1.94. The first-order chi connectivity index (χ1) is 6.02. The zero-order chi connectivity index (χ0) is 9.90. The van der Waals surface area contributed by atoms with Crippen LogP contribution >= 0.6 is 0 Å². The van der Waals surface area contributed by atoms with E-state index in [0.717, 1.165) is 0 Å². The van der Waals surface area contributed by atoms with Crippen molar-refractivity contribution in [2.75, 3.05) is 0 Å². The number of pyridine rings is 1. The number of nitrogens with zero attached hydrogens (tertiary/aromatic N) is 1. The SMILES string of the molecule is C=S(=O)(NC(C)=O)c1cccnc1. The number of aromatic nitrogens is 1. The van der Waals surface area contributed by atoms with Gasteiger partial charge in [0, 0.05) is 19.3 Å². The van der Waals surface area contributed by atoms with Gasteiger partial charge in [0.2, 0.25) is 5.91 Å². The Hall–Kier alpha value is -1.36. The molecule has 13 heavy (non-hydrogen) atoms. The molecule has 1 amide bonds. The molecule has 1 aromatic rings. The fourth-order valence-electron chi connectivity index (χ4n) is 0.833. The molecule has 0 saturated heterocycles. The molecule has 70 valence electrons. The van der Waals surface area contributed by atoms with E-state index in [1.807, 2.05) is 0 Å². The minimum Gasteiger partial charge on any atom is -0.279 e. The first-order valence-electron chi connectivity index (χ1n) is 3.58. The summed E-state index contributed by atoms with van der Waals surface area (Å²) in [6.07, 6.45) is 2.98. The predicted molar refractivity (Wildman–Crippen MR) is 51.6 cm³/mol. The van der Waals surface area contributed by atoms with Gasteiger partial charge in [-0.1, -0.05) is 0 Å². The minimum atomic E-state index is -2.72. The Balaban J connectivity index is 3.02. The van der Waals surface area contributed by atoms with Crippen LogP contribution in [0.1, 0.15) is 6.92 Å². The van der Waals surface area contributed by atoms with Crippen molar-refractivity contribution in [3.05, 3.63) is 24.5 Å². The van der Waals surface area contributed by atoms with Gasteiger partial charge in [-0.15, -0.1) is 0 Å². The third-order valence-corrected chi connectivity index (χ3v) is 2.94. The molecule has 0 saturated carbocycles. The van der Waals surface area contributed by atoms with Crippen LogP contribution in [0, 0.1) is 0 Å². The molecule has 0 spiro atoms. The molecule has 1 aromatic heterocycles. The van der Waals surface area contributed by atoms with Gasteiger partial charge in [-0.05, 0) is 18.0 Å². The van der Waals surface area contributed by atoms with Gasteiger partial charge in [0.1, 0.15) is 0 Å². The molecule has 0 bridgehead atoms. The van der Waals surface area contributed by atoms with E-state index in [-0.39, 0.29) is 5.91 Å². The summed E-state index contributed by atoms with van der Waals surface area (Å²) in [5, 5.41) is 0. The summed E-state index contributed by atoms with van der Waals surface area (Å²) in [5.41, 5.74) is 0. The Bertz CT molecular complexity index is 397. The average Bonchev–Trinajstić information content (AvgIpc) is 2.04. The maximum Gasteiger partial charge on any atom is 0.228 e. The van der Waals surface area contributed by atoms with Crippen LogP contribution in [0.15, 0.2) is 29.4 Å². The smallest absolute Gasteiger partial charge is 0.228 e. The lowest BCUT2D eigenvalue weighted by atomic mass is 10.5. The minimum absolute atomic E-state index is 0.371. The van der Waals surface area contributed by atoms with Crippen LogP contribution in [-0.2, 0) is 14.5 Å². The van der Waals surface area contributed by atoms with Crippen molar-refractivity contribution in [1.29, 1.82) is 0 Å². The third kappa shape index (κ3) is 2.55. The van der Waals surface area contributed by atoms with E-state index in [9.17, 15) is 9.00 Å². The molecule has 0 aliphatic rings. The average molecular weight is 198 g/mol. The number of carbonyl (C=O) groups excluding carboxylic acids is 1. The van der Waals surface area contributed by atoms with Crippen LogP contribution in [0.2, 0.25) is 0 Å². The van der Waals surface area contributed by atoms with Gasteiger partial charge in [-0.2, -0.15) is 0 Å². The van der Waals surface area contributed by atoms with Gasteiger partial charge in [0.05, 0.1) is 14.6 Å². The number of hydrogen-bond donors (Lipinski definition) is 1. The monoisotopic (exact) mass is 198 g/mol. The second-order valence-electron chi connectivity index (χ2n) is 2.52. The van der Waals surface area contributed by atoms with Crippen molar-refractivity contribution in [3.63, 3.8) is 0 Å². The Morgan fingerprint density at radius 3 is 2.85 bits per heavy atom. The third-order valence-electron chi connectivity index (χ3n) is 1.32. The fraction of sp³-hybridized carbons (Fsp3) is 0.125. The van der Waals surface area contributed by atoms with E-state index in [4.69, 9.17) is 0 Å². The number of hydrogen-bond acceptors (Lipinski definition) is 3. The maximum absolute atomic E-state index is 11.7. The maximum atomic E-state index is 11.7. The highest BCUT2D eigenvalue weighted by molar-refractivity contribution is 7.99. The highest BCUT2D eigenvalue weighted by Crippen LogP contribution is 2.04. The van der Waals surface area contributed by atoms with Crippen molar-refractivity contribution in [3.8, 4) is 0 Å². The van der Waals surface area contributed by atoms with Gasteiger partial charge in [-0.3, -0.25) is 14.5 Å². The summed E-state index contributed by atoms with van der Waals surface area (Å²) >= 11 is 0. The first-order valence-corrected chi connectivity index (χ1v) is 5.31. The normalized spacial score (nSPS) is 14.5. The van der Waals surface area contributed by atoms with E-state index in [1.54, 1.807) is 18.3 Å². The lowest BCUT2D eigenvalue weighted by Crippen LogP contribution is -2.27. The standard InChI is InChI=1S/C8H10N2O2S/c1-7(11)10-13(2,12)8-4-3-5-9-6-8/h3-6H,2H2,1H3,(H,10,11,12). The van der Waals surface area contributed by atoms with Crippen LogP contribution < -0.4 is 4.72 Å². The van der Waals surface area contributed by atoms with Gasteiger partial charge in [-0.25, -0.2) is 4.21 Å². The largest absolute Gasteiger partial charge is 0.279 e. The molecule has 0 aliphatic heterocycles. The Labute approximate surface area is 77.1 Å². The number of amides is 1. The number of carbonyl (C=O) groups is 1. The Kier molecular flexibility index (Phi) is 2.67. The molecule has 1 heterocycles. The van der Waals surface area contributed by atoms with Crippen molar-refractivity contribution in [1.82, 2.24) is 9.71 Å². The zero-order valence-electron chi connectivity index (χ0n) is 7.19. The summed E-state index contributed by atoms with van der Waals surface area (Å²) in [7, 11) is -2.72. The summed E-state index contributed by atoms with van der Waals surface area (Å²) < 4.78 is 14.0. The van der Waals surface area contributed by atoms with E-state index >= 15 is 0 Å². The Morgan fingerprint density at radius 2 is 2.38 bits per heavy atom. The van der Waals surface area contributed by atoms with E-state index in [2.05, 4.69) is 15.6 Å². The highest BCUT2D eigenvalue weighted by Gasteiger charge is 2.07. The van der Waals surface area contributed by atoms with Crippen molar-refractivity contribution in [2.24, 2.45) is 0 Å². The molecule has 4 nitrogen and oxygen atoms in total. The first kappa shape index (κ1) is 9.73. The molecular weight excluding hydrogens is 188 g/mol. The van der Waals surface area contributed by atoms with E-state index in [0.29, 0.717) is 4.90 Å². The van der Waals surface area contributed by atoms with Crippen LogP contribution in [-0.4, -0.2) is 21.0 Å². The number of nitrogens with one attached hydrogen (secondary N) is 1. The van der Waals surface area contributed by atoms with Crippen LogP contribution in [0.5, 0.6) is 0 Å². The second kappa shape index (κ2) is 3.57. The molecule has 0 radical (unpaired) electrons. The van der Waals surface area contributed by atoms with Gasteiger partial charge < -0.3 is 0 Å². The topological polar surface area (TPSA) is 59.1 Å². The summed E-state index contributed by atoms with van der Waals surface area (Å²) in [5.74, 6) is 3.06. The van der Waals surface area contributed by atoms with E-state index < -0.39 is 9.71 Å². The van der Waals surface area contributed by atoms with E-state index in [1.165, 1.54) is 13.1 Å². The van der Waals surface area contributed by atoms with Gasteiger partial charge >= 0.3 is 0 Å². The van der Waals surface area contributed by atoms with Crippen molar-refractivity contribution in [2.45, 2.75) is 11.8 Å². The lowest BCUT2D eigenvalue weighted by Gasteiger charge is -2.08. The molecule has 0 aliphatic carbocycles. The molecule has 5 heteroatoms. The van der Waals surface area contributed by atoms with Crippen molar-refractivity contribution >= 4 is 21.5 Å². The molecule has 0 aromatic carbocycles. The summed E-state index contributed by atoms with van der Waals surface area (Å²) in [6, 6.07) is 3.25.